The molecule has 25 heavy (non-hydrogen) atoms. The zero-order valence-corrected chi connectivity index (χ0v) is 15.0. The molecule has 0 aliphatic carbocycles. The van der Waals surface area contributed by atoms with Crippen molar-refractivity contribution in [3.05, 3.63) is 48.5 Å². The minimum Gasteiger partial charge on any atom is -0.390 e. The van der Waals surface area contributed by atoms with Gasteiger partial charge in [-0.3, -0.25) is 9.58 Å². The quantitative estimate of drug-likeness (QED) is 0.787. The highest BCUT2D eigenvalue weighted by molar-refractivity contribution is 5.14. The lowest BCUT2D eigenvalue weighted by Crippen LogP contribution is -2.44. The van der Waals surface area contributed by atoms with Crippen molar-refractivity contribution in [1.29, 1.82) is 0 Å². The van der Waals surface area contributed by atoms with Crippen molar-refractivity contribution in [1.82, 2.24) is 24.6 Å². The first kappa shape index (κ1) is 18.0. The van der Waals surface area contributed by atoms with Gasteiger partial charge >= 0.3 is 0 Å². The van der Waals surface area contributed by atoms with Gasteiger partial charge < -0.3 is 10.0 Å². The van der Waals surface area contributed by atoms with Gasteiger partial charge in [0.25, 0.3) is 0 Å². The van der Waals surface area contributed by atoms with E-state index in [9.17, 15) is 5.11 Å². The summed E-state index contributed by atoms with van der Waals surface area (Å²) in [4.78, 5) is 8.60. The lowest BCUT2D eigenvalue weighted by Gasteiger charge is -2.34. The third-order valence-electron chi connectivity index (χ3n) is 4.80. The van der Waals surface area contributed by atoms with Crippen LogP contribution < -0.4 is 0 Å². The number of piperidine rings is 1. The second-order valence-corrected chi connectivity index (χ2v) is 7.22. The monoisotopic (exact) mass is 343 g/mol. The van der Waals surface area contributed by atoms with Gasteiger partial charge in [-0.2, -0.15) is 5.10 Å². The molecule has 2 aromatic rings. The van der Waals surface area contributed by atoms with Gasteiger partial charge in [0.2, 0.25) is 0 Å². The summed E-state index contributed by atoms with van der Waals surface area (Å²) in [7, 11) is 2.07. The first-order valence-corrected chi connectivity index (χ1v) is 9.14. The van der Waals surface area contributed by atoms with Gasteiger partial charge in [0.05, 0.1) is 6.10 Å². The van der Waals surface area contributed by atoms with Crippen molar-refractivity contribution in [2.75, 3.05) is 33.2 Å². The minimum absolute atomic E-state index is 0.321. The number of likely N-dealkylation sites (N-methyl/N-ethyl adjacent to an activating group) is 1. The fourth-order valence-corrected chi connectivity index (χ4v) is 3.73. The number of hydrogen-bond acceptors (Lipinski definition) is 5. The maximum Gasteiger partial charge on any atom is 0.137 e. The summed E-state index contributed by atoms with van der Waals surface area (Å²) < 4.78 is 1.91. The molecule has 1 aromatic carbocycles. The van der Waals surface area contributed by atoms with Gasteiger partial charge in [0.1, 0.15) is 12.7 Å². The van der Waals surface area contributed by atoms with Crippen LogP contribution in [0.3, 0.4) is 0 Å². The van der Waals surface area contributed by atoms with Crippen LogP contribution in [0.15, 0.2) is 43.0 Å². The zero-order chi connectivity index (χ0) is 17.5. The maximum absolute atomic E-state index is 10.5. The lowest BCUT2D eigenvalue weighted by molar-refractivity contribution is 0.0585. The number of benzene rings is 1. The van der Waals surface area contributed by atoms with E-state index in [0.717, 1.165) is 32.7 Å². The molecule has 0 spiro atoms. The Morgan fingerprint density at radius 1 is 1.32 bits per heavy atom. The molecule has 0 radical (unpaired) electrons. The summed E-state index contributed by atoms with van der Waals surface area (Å²) in [5.41, 5.74) is 1.28. The molecule has 1 aliphatic rings. The predicted molar refractivity (Wildman–Crippen MR) is 98.0 cm³/mol. The summed E-state index contributed by atoms with van der Waals surface area (Å²) in [6.45, 7) is 5.33. The fourth-order valence-electron chi connectivity index (χ4n) is 3.73. The van der Waals surface area contributed by atoms with Crippen LogP contribution in [-0.2, 0) is 13.1 Å². The fraction of sp³-hybridized carbons (Fsp3) is 0.579. The average molecular weight is 343 g/mol. The number of likely N-dealkylation sites (tertiary alicyclic amines) is 1. The largest absolute Gasteiger partial charge is 0.390 e. The molecule has 1 fully saturated rings. The Labute approximate surface area is 150 Å². The van der Waals surface area contributed by atoms with Gasteiger partial charge in [-0.1, -0.05) is 30.3 Å². The molecule has 0 saturated carbocycles. The molecular formula is C19H29N5O. The highest BCUT2D eigenvalue weighted by atomic mass is 16.3. The molecule has 1 N–H and O–H groups in total. The number of aliphatic hydroxyl groups is 1. The van der Waals surface area contributed by atoms with E-state index in [4.69, 9.17) is 0 Å². The first-order chi connectivity index (χ1) is 12.2. The van der Waals surface area contributed by atoms with Gasteiger partial charge in [-0.05, 0) is 37.9 Å². The van der Waals surface area contributed by atoms with Gasteiger partial charge in [0.15, 0.2) is 0 Å². The number of aromatic nitrogens is 3. The highest BCUT2D eigenvalue weighted by Crippen LogP contribution is 2.18. The smallest absolute Gasteiger partial charge is 0.137 e. The van der Waals surface area contributed by atoms with Crippen molar-refractivity contribution >= 4 is 0 Å². The molecule has 0 amide bonds. The molecule has 2 heterocycles. The van der Waals surface area contributed by atoms with Crippen molar-refractivity contribution in [2.45, 2.75) is 32.0 Å². The number of hydrogen-bond donors (Lipinski definition) is 1. The Balaban J connectivity index is 1.41. The topological polar surface area (TPSA) is 57.4 Å². The minimum atomic E-state index is -0.321. The molecule has 1 saturated heterocycles. The molecule has 0 bridgehead atoms. The molecule has 1 aliphatic heterocycles. The molecule has 3 rings (SSSR count). The number of nitrogens with zero attached hydrogens (tertiary/aromatic N) is 5. The number of aliphatic hydroxyl groups excluding tert-OH is 1. The third kappa shape index (κ3) is 5.92. The Kier molecular flexibility index (Phi) is 6.55. The summed E-state index contributed by atoms with van der Waals surface area (Å²) in [6.07, 6.45) is 5.46. The average Bonchev–Trinajstić information content (AvgIpc) is 3.08. The van der Waals surface area contributed by atoms with E-state index in [1.165, 1.54) is 18.4 Å². The van der Waals surface area contributed by atoms with Crippen LogP contribution >= 0.6 is 0 Å². The third-order valence-corrected chi connectivity index (χ3v) is 4.80. The maximum atomic E-state index is 10.5. The van der Waals surface area contributed by atoms with E-state index in [1.54, 1.807) is 12.7 Å². The van der Waals surface area contributed by atoms with Crippen molar-refractivity contribution in [2.24, 2.45) is 5.92 Å². The molecule has 6 nitrogen and oxygen atoms in total. The SMILES string of the molecule is CN(Cc1ccccc1)C[C@H](O)CN1CCC[C@H](Cn2cncn2)C1. The van der Waals surface area contributed by atoms with Crippen molar-refractivity contribution < 1.29 is 5.11 Å². The first-order valence-electron chi connectivity index (χ1n) is 9.14. The summed E-state index contributed by atoms with van der Waals surface area (Å²) in [5, 5.41) is 14.7. The van der Waals surface area contributed by atoms with E-state index in [0.29, 0.717) is 12.5 Å². The summed E-state index contributed by atoms with van der Waals surface area (Å²) in [6, 6.07) is 10.4. The van der Waals surface area contributed by atoms with Crippen LogP contribution in [0.4, 0.5) is 0 Å². The van der Waals surface area contributed by atoms with E-state index in [2.05, 4.69) is 51.2 Å². The molecule has 136 valence electrons. The van der Waals surface area contributed by atoms with Gasteiger partial charge in [0, 0.05) is 32.7 Å². The lowest BCUT2D eigenvalue weighted by atomic mass is 9.98. The molecule has 6 heteroatoms. The Morgan fingerprint density at radius 3 is 2.92 bits per heavy atom. The van der Waals surface area contributed by atoms with Crippen LogP contribution in [0.25, 0.3) is 0 Å². The molecule has 1 aromatic heterocycles. The normalized spacial score (nSPS) is 20.0. The van der Waals surface area contributed by atoms with Crippen LogP contribution in [0.2, 0.25) is 0 Å². The van der Waals surface area contributed by atoms with Crippen LogP contribution in [0.1, 0.15) is 18.4 Å². The van der Waals surface area contributed by atoms with Gasteiger partial charge in [-0.15, -0.1) is 0 Å². The summed E-state index contributed by atoms with van der Waals surface area (Å²) >= 11 is 0. The van der Waals surface area contributed by atoms with E-state index in [-0.39, 0.29) is 6.10 Å². The standard InChI is InChI=1S/C19H29N5O/c1-22(10-17-6-3-2-4-7-17)13-19(25)14-23-9-5-8-18(11-23)12-24-16-20-15-21-24/h2-4,6-7,15-16,18-19,25H,5,8-14H2,1H3/t18-,19-/m0/s1. The zero-order valence-electron chi connectivity index (χ0n) is 15.0. The van der Waals surface area contributed by atoms with Crippen molar-refractivity contribution in [3.8, 4) is 0 Å². The Bertz CT molecular complexity index is 604. The van der Waals surface area contributed by atoms with Crippen LogP contribution in [0.5, 0.6) is 0 Å². The number of rotatable bonds is 8. The Hall–Kier alpha value is -1.76. The second kappa shape index (κ2) is 9.08. The second-order valence-electron chi connectivity index (χ2n) is 7.22. The number of β-amino-alcohol motifs (C(OH)–C–C–N with tert-alkyl or cyclic N) is 1. The van der Waals surface area contributed by atoms with E-state index >= 15 is 0 Å². The predicted octanol–water partition coefficient (Wildman–Crippen LogP) is 1.48. The van der Waals surface area contributed by atoms with Gasteiger partial charge in [-0.25, -0.2) is 4.98 Å². The Morgan fingerprint density at radius 2 is 2.16 bits per heavy atom. The molecule has 0 unspecified atom stereocenters. The van der Waals surface area contributed by atoms with Crippen LogP contribution in [-0.4, -0.2) is 69.0 Å². The van der Waals surface area contributed by atoms with E-state index < -0.39 is 0 Å². The highest BCUT2D eigenvalue weighted by Gasteiger charge is 2.22. The molecular weight excluding hydrogens is 314 g/mol. The summed E-state index contributed by atoms with van der Waals surface area (Å²) in [5.74, 6) is 0.588. The van der Waals surface area contributed by atoms with Crippen LogP contribution in [0, 0.1) is 5.92 Å². The van der Waals surface area contributed by atoms with Crippen molar-refractivity contribution in [3.63, 3.8) is 0 Å². The molecule has 2 atom stereocenters. The van der Waals surface area contributed by atoms with E-state index in [1.807, 2.05) is 10.7 Å².